The Morgan fingerprint density at radius 2 is 1.89 bits per heavy atom. The number of carbonyl (C=O) groups is 2. The van der Waals surface area contributed by atoms with Crippen LogP contribution in [0.2, 0.25) is 0 Å². The van der Waals surface area contributed by atoms with Gasteiger partial charge in [0, 0.05) is 36.9 Å². The SMILES string of the molecule is CC(C)CC(CO)NC(=O)c1cnc2c(C(=O)NCc3ccc(-c4cccnc4)nc3)cccn12. The zero-order valence-electron chi connectivity index (χ0n) is 19.7. The van der Waals surface area contributed by atoms with Crippen LogP contribution in [-0.4, -0.2) is 48.9 Å². The molecule has 0 bridgehead atoms. The van der Waals surface area contributed by atoms with E-state index >= 15 is 0 Å². The van der Waals surface area contributed by atoms with Gasteiger partial charge in [-0.1, -0.05) is 19.9 Å². The first-order valence-corrected chi connectivity index (χ1v) is 11.5. The van der Waals surface area contributed by atoms with E-state index in [4.69, 9.17) is 0 Å². The Bertz CT molecular complexity index is 1300. The molecule has 180 valence electrons. The maximum atomic E-state index is 12.9. The number of aliphatic hydroxyl groups is 1. The highest BCUT2D eigenvalue weighted by molar-refractivity contribution is 6.01. The van der Waals surface area contributed by atoms with Gasteiger partial charge in [0.1, 0.15) is 11.3 Å². The summed E-state index contributed by atoms with van der Waals surface area (Å²) in [6.45, 7) is 4.20. The molecule has 1 unspecified atom stereocenters. The van der Waals surface area contributed by atoms with Crippen molar-refractivity contribution in [3.05, 3.63) is 84.2 Å². The lowest BCUT2D eigenvalue weighted by Crippen LogP contribution is -2.38. The number of nitrogens with zero attached hydrogens (tertiary/aromatic N) is 4. The van der Waals surface area contributed by atoms with Crippen LogP contribution in [0.3, 0.4) is 0 Å². The number of hydrogen-bond acceptors (Lipinski definition) is 6. The summed E-state index contributed by atoms with van der Waals surface area (Å²) in [4.78, 5) is 38.6. The molecule has 0 aromatic carbocycles. The third-order valence-electron chi connectivity index (χ3n) is 5.56. The Labute approximate surface area is 203 Å². The highest BCUT2D eigenvalue weighted by Gasteiger charge is 2.20. The number of aromatic nitrogens is 4. The number of rotatable bonds is 9. The van der Waals surface area contributed by atoms with Gasteiger partial charge in [-0.15, -0.1) is 0 Å². The van der Waals surface area contributed by atoms with Crippen molar-refractivity contribution in [2.45, 2.75) is 32.9 Å². The van der Waals surface area contributed by atoms with Gasteiger partial charge in [0.25, 0.3) is 11.8 Å². The van der Waals surface area contributed by atoms with Crippen molar-refractivity contribution in [2.75, 3.05) is 6.61 Å². The number of nitrogens with one attached hydrogen (secondary N) is 2. The summed E-state index contributed by atoms with van der Waals surface area (Å²) in [6, 6.07) is 10.6. The maximum absolute atomic E-state index is 12.9. The Balaban J connectivity index is 1.45. The molecule has 9 heteroatoms. The molecular formula is C26H28N6O3. The first-order valence-electron chi connectivity index (χ1n) is 11.5. The molecule has 1 atom stereocenters. The number of hydrogen-bond donors (Lipinski definition) is 3. The molecule has 0 spiro atoms. The molecule has 0 aliphatic carbocycles. The molecule has 4 aromatic rings. The highest BCUT2D eigenvalue weighted by Crippen LogP contribution is 2.16. The van der Waals surface area contributed by atoms with Crippen molar-refractivity contribution in [1.29, 1.82) is 0 Å². The Morgan fingerprint density at radius 1 is 1.03 bits per heavy atom. The van der Waals surface area contributed by atoms with E-state index in [1.807, 2.05) is 38.1 Å². The van der Waals surface area contributed by atoms with Crippen LogP contribution >= 0.6 is 0 Å². The van der Waals surface area contributed by atoms with Gasteiger partial charge in [-0.2, -0.15) is 0 Å². The van der Waals surface area contributed by atoms with Crippen molar-refractivity contribution in [3.63, 3.8) is 0 Å². The molecular weight excluding hydrogens is 444 g/mol. The first kappa shape index (κ1) is 24.0. The van der Waals surface area contributed by atoms with Crippen molar-refractivity contribution < 1.29 is 14.7 Å². The van der Waals surface area contributed by atoms with E-state index in [0.717, 1.165) is 16.8 Å². The minimum Gasteiger partial charge on any atom is -0.394 e. The summed E-state index contributed by atoms with van der Waals surface area (Å²) in [5.41, 5.74) is 3.60. The fourth-order valence-corrected chi connectivity index (χ4v) is 3.86. The summed E-state index contributed by atoms with van der Waals surface area (Å²) in [6.07, 6.45) is 8.96. The summed E-state index contributed by atoms with van der Waals surface area (Å²) >= 11 is 0. The summed E-state index contributed by atoms with van der Waals surface area (Å²) in [5.74, 6) is -0.334. The normalized spacial score (nSPS) is 12.0. The summed E-state index contributed by atoms with van der Waals surface area (Å²) in [5, 5.41) is 15.3. The van der Waals surface area contributed by atoms with Crippen LogP contribution in [-0.2, 0) is 6.54 Å². The number of fused-ring (bicyclic) bond motifs is 1. The van der Waals surface area contributed by atoms with E-state index in [2.05, 4.69) is 25.6 Å². The molecule has 0 aliphatic rings. The first-order chi connectivity index (χ1) is 17.0. The van der Waals surface area contributed by atoms with Gasteiger partial charge in [0.05, 0.1) is 30.1 Å². The van der Waals surface area contributed by atoms with Gasteiger partial charge < -0.3 is 15.7 Å². The van der Waals surface area contributed by atoms with Gasteiger partial charge in [-0.25, -0.2) is 4.98 Å². The minimum absolute atomic E-state index is 0.146. The van der Waals surface area contributed by atoms with Gasteiger partial charge in [-0.05, 0) is 48.2 Å². The molecule has 3 N–H and O–H groups in total. The third kappa shape index (κ3) is 5.70. The molecule has 4 rings (SSSR count). The van der Waals surface area contributed by atoms with Gasteiger partial charge in [0.15, 0.2) is 0 Å². The lowest BCUT2D eigenvalue weighted by Gasteiger charge is -2.18. The van der Waals surface area contributed by atoms with E-state index in [1.54, 1.807) is 41.3 Å². The molecule has 2 amide bonds. The van der Waals surface area contributed by atoms with Crippen LogP contribution in [0.4, 0.5) is 0 Å². The van der Waals surface area contributed by atoms with Crippen LogP contribution in [0.1, 0.15) is 46.7 Å². The third-order valence-corrected chi connectivity index (χ3v) is 5.56. The minimum atomic E-state index is -0.352. The zero-order chi connectivity index (χ0) is 24.8. The number of aliphatic hydroxyl groups excluding tert-OH is 1. The topological polar surface area (TPSA) is 122 Å². The second-order valence-electron chi connectivity index (χ2n) is 8.72. The molecule has 4 aromatic heterocycles. The number of pyridine rings is 3. The number of imidazole rings is 1. The largest absolute Gasteiger partial charge is 0.394 e. The van der Waals surface area contributed by atoms with E-state index in [0.29, 0.717) is 35.8 Å². The fourth-order valence-electron chi connectivity index (χ4n) is 3.86. The van der Waals surface area contributed by atoms with Gasteiger partial charge in [0.2, 0.25) is 0 Å². The van der Waals surface area contributed by atoms with E-state index in [1.165, 1.54) is 6.20 Å². The Morgan fingerprint density at radius 3 is 2.57 bits per heavy atom. The molecule has 0 radical (unpaired) electrons. The summed E-state index contributed by atoms with van der Waals surface area (Å²) < 4.78 is 1.58. The second kappa shape index (κ2) is 10.9. The predicted octanol–water partition coefficient (Wildman–Crippen LogP) is 2.86. The molecule has 4 heterocycles. The number of carbonyl (C=O) groups excluding carboxylic acids is 2. The maximum Gasteiger partial charge on any atom is 0.270 e. The molecule has 0 saturated carbocycles. The highest BCUT2D eigenvalue weighted by atomic mass is 16.3. The van der Waals surface area contributed by atoms with Crippen molar-refractivity contribution >= 4 is 17.5 Å². The average molecular weight is 473 g/mol. The van der Waals surface area contributed by atoms with Crippen molar-refractivity contribution in [1.82, 2.24) is 30.0 Å². The molecule has 9 nitrogen and oxygen atoms in total. The van der Waals surface area contributed by atoms with Crippen LogP contribution in [0.15, 0.2) is 67.4 Å². The monoisotopic (exact) mass is 472 g/mol. The standard InChI is InChI=1S/C26H28N6O3/c1-17(2)11-20(16-33)31-26(35)23-15-29-24-21(6-4-10-32(23)24)25(34)30-13-18-7-8-22(28-12-18)19-5-3-9-27-14-19/h3-10,12,14-15,17,20,33H,11,13,16H2,1-2H3,(H,30,34)(H,31,35). The molecule has 0 aliphatic heterocycles. The zero-order valence-corrected chi connectivity index (χ0v) is 19.7. The summed E-state index contributed by atoms with van der Waals surface area (Å²) in [7, 11) is 0. The molecule has 35 heavy (non-hydrogen) atoms. The quantitative estimate of drug-likeness (QED) is 0.344. The predicted molar refractivity (Wildman–Crippen MR) is 132 cm³/mol. The molecule has 0 fully saturated rings. The Hall–Kier alpha value is -4.11. The van der Waals surface area contributed by atoms with E-state index < -0.39 is 0 Å². The van der Waals surface area contributed by atoms with Crippen LogP contribution in [0, 0.1) is 5.92 Å². The van der Waals surface area contributed by atoms with E-state index in [9.17, 15) is 14.7 Å². The van der Waals surface area contributed by atoms with Gasteiger partial charge >= 0.3 is 0 Å². The second-order valence-corrected chi connectivity index (χ2v) is 8.72. The van der Waals surface area contributed by atoms with Crippen molar-refractivity contribution in [2.24, 2.45) is 5.92 Å². The Kier molecular flexibility index (Phi) is 7.47. The average Bonchev–Trinajstić information content (AvgIpc) is 3.32. The lowest BCUT2D eigenvalue weighted by atomic mass is 10.0. The molecule has 0 saturated heterocycles. The lowest BCUT2D eigenvalue weighted by molar-refractivity contribution is 0.0900. The van der Waals surface area contributed by atoms with Gasteiger partial charge in [-0.3, -0.25) is 24.0 Å². The van der Waals surface area contributed by atoms with E-state index in [-0.39, 0.29) is 24.5 Å². The number of amides is 2. The fraction of sp³-hybridized carbons (Fsp3) is 0.269. The smallest absolute Gasteiger partial charge is 0.270 e. The van der Waals surface area contributed by atoms with Crippen LogP contribution in [0.25, 0.3) is 16.9 Å². The van der Waals surface area contributed by atoms with Crippen molar-refractivity contribution in [3.8, 4) is 11.3 Å². The van der Waals surface area contributed by atoms with Crippen LogP contribution in [0.5, 0.6) is 0 Å². The van der Waals surface area contributed by atoms with Crippen LogP contribution < -0.4 is 10.6 Å².